The molecule has 214 valence electrons. The fourth-order valence-corrected chi connectivity index (χ4v) is 7.77. The molecule has 0 bridgehead atoms. The predicted octanol–water partition coefficient (Wildman–Crippen LogP) is 6.89. The van der Waals surface area contributed by atoms with Gasteiger partial charge in [0.15, 0.2) is 5.78 Å². The number of fused-ring (bicyclic) bond motifs is 4. The van der Waals surface area contributed by atoms with Crippen molar-refractivity contribution in [1.82, 2.24) is 0 Å². The summed E-state index contributed by atoms with van der Waals surface area (Å²) in [6, 6.07) is 7.20. The largest absolute Gasteiger partial charge is 0.456 e. The third-order valence-corrected chi connectivity index (χ3v) is 9.61. The van der Waals surface area contributed by atoms with Crippen molar-refractivity contribution >= 4 is 12.0 Å². The number of ketones is 1. The predicted molar refractivity (Wildman–Crippen MR) is 140 cm³/mol. The normalized spacial score (nSPS) is 32.1. The summed E-state index contributed by atoms with van der Waals surface area (Å²) in [4.78, 5) is 17.1. The second-order valence-corrected chi connectivity index (χ2v) is 11.5. The molecule has 5 atom stereocenters. The molecule has 4 aliphatic rings. The lowest BCUT2D eigenvalue weighted by Gasteiger charge is -2.56. The Bertz CT molecular complexity index is 1330. The number of benzene rings is 1. The quantitative estimate of drug-likeness (QED) is 0.189. The molecular weight excluding hydrogens is 529 g/mol. The summed E-state index contributed by atoms with van der Waals surface area (Å²) < 4.78 is 71.3. The van der Waals surface area contributed by atoms with Crippen molar-refractivity contribution in [2.45, 2.75) is 82.4 Å². The minimum absolute atomic E-state index is 0.0471. The first-order valence-electron chi connectivity index (χ1n) is 13.7. The molecule has 0 aliphatic heterocycles. The van der Waals surface area contributed by atoms with E-state index in [2.05, 4.69) is 17.0 Å². The van der Waals surface area contributed by atoms with Gasteiger partial charge in [-0.25, -0.2) is 0 Å². The van der Waals surface area contributed by atoms with Gasteiger partial charge in [0.25, 0.3) is 0 Å². The van der Waals surface area contributed by atoms with Crippen molar-refractivity contribution in [1.29, 1.82) is 0 Å². The first-order valence-corrected chi connectivity index (χ1v) is 13.7. The van der Waals surface area contributed by atoms with E-state index in [9.17, 15) is 23.1 Å². The fraction of sp³-hybridized carbons (Fsp3) is 0.548. The number of carbonyl (C=O) groups excluding carboxylic acids is 1. The van der Waals surface area contributed by atoms with Crippen LogP contribution in [-0.4, -0.2) is 41.4 Å². The fourth-order valence-electron chi connectivity index (χ4n) is 7.77. The summed E-state index contributed by atoms with van der Waals surface area (Å²) in [5, 5.41) is 15.0. The van der Waals surface area contributed by atoms with E-state index in [4.69, 9.17) is 4.84 Å². The van der Waals surface area contributed by atoms with Crippen LogP contribution in [0.15, 0.2) is 52.2 Å². The van der Waals surface area contributed by atoms with Crippen molar-refractivity contribution in [3.05, 3.63) is 58.2 Å². The van der Waals surface area contributed by atoms with E-state index >= 15 is 8.78 Å². The van der Waals surface area contributed by atoms with Crippen LogP contribution in [0.25, 0.3) is 0 Å². The molecule has 4 aliphatic carbocycles. The number of hydrogen-bond donors (Lipinski definition) is 1. The minimum Gasteiger partial charge on any atom is -0.396 e. The van der Waals surface area contributed by atoms with Crippen molar-refractivity contribution in [3.63, 3.8) is 0 Å². The molecule has 0 heterocycles. The summed E-state index contributed by atoms with van der Waals surface area (Å²) in [6.45, 7) is 3.64. The number of carbonyl (C=O) groups is 1. The van der Waals surface area contributed by atoms with Crippen LogP contribution < -0.4 is 0 Å². The van der Waals surface area contributed by atoms with Crippen LogP contribution in [0.5, 0.6) is 0 Å². The zero-order valence-electron chi connectivity index (χ0n) is 22.5. The topological polar surface area (TPSA) is 58.9 Å². The summed E-state index contributed by atoms with van der Waals surface area (Å²) in [5.74, 6) is -0.772. The van der Waals surface area contributed by atoms with Crippen LogP contribution >= 0.6 is 0 Å². The second-order valence-electron chi connectivity index (χ2n) is 11.5. The average molecular weight is 562 g/mol. The minimum atomic E-state index is -5.87. The number of allylic oxidation sites excluding steroid dienone is 4. The van der Waals surface area contributed by atoms with Gasteiger partial charge in [-0.05, 0) is 98.1 Å². The molecule has 1 aromatic carbocycles. The van der Waals surface area contributed by atoms with Crippen LogP contribution in [-0.2, 0) is 9.63 Å². The van der Waals surface area contributed by atoms with Gasteiger partial charge in [-0.15, -0.1) is 0 Å². The highest BCUT2D eigenvalue weighted by Crippen LogP contribution is 2.70. The maximum atomic E-state index is 15.1. The van der Waals surface area contributed by atoms with Gasteiger partial charge in [0.05, 0.1) is 0 Å². The molecule has 9 heteroatoms. The Morgan fingerprint density at radius 1 is 1.12 bits per heavy atom. The van der Waals surface area contributed by atoms with Gasteiger partial charge < -0.3 is 9.94 Å². The van der Waals surface area contributed by atoms with Gasteiger partial charge >= 0.3 is 12.1 Å². The van der Waals surface area contributed by atoms with Crippen molar-refractivity contribution < 1.29 is 36.7 Å². The maximum absolute atomic E-state index is 15.1. The molecule has 2 fully saturated rings. The van der Waals surface area contributed by atoms with E-state index in [-0.39, 0.29) is 24.5 Å². The molecule has 0 spiro atoms. The van der Waals surface area contributed by atoms with E-state index in [1.807, 2.05) is 12.1 Å². The maximum Gasteiger partial charge on any atom is 0.456 e. The number of aliphatic hydroxyl groups is 1. The summed E-state index contributed by atoms with van der Waals surface area (Å²) in [7, 11) is 0. The van der Waals surface area contributed by atoms with Gasteiger partial charge in [-0.1, -0.05) is 35.7 Å². The van der Waals surface area contributed by atoms with Gasteiger partial charge in [0.1, 0.15) is 18.4 Å². The number of alkyl halides is 5. The van der Waals surface area contributed by atoms with Crippen molar-refractivity contribution in [3.8, 4) is 11.8 Å². The Morgan fingerprint density at radius 3 is 2.52 bits per heavy atom. The van der Waals surface area contributed by atoms with Crippen molar-refractivity contribution in [2.24, 2.45) is 22.4 Å². The van der Waals surface area contributed by atoms with E-state index in [0.717, 1.165) is 22.3 Å². The third kappa shape index (κ3) is 4.39. The van der Waals surface area contributed by atoms with Crippen LogP contribution in [0.3, 0.4) is 0 Å². The van der Waals surface area contributed by atoms with Gasteiger partial charge in [0.2, 0.25) is 0 Å². The Labute approximate surface area is 230 Å². The van der Waals surface area contributed by atoms with Crippen LogP contribution in [0, 0.1) is 29.1 Å². The van der Waals surface area contributed by atoms with Gasteiger partial charge in [0, 0.05) is 23.3 Å². The molecule has 4 nitrogen and oxygen atoms in total. The zero-order chi connectivity index (χ0) is 28.9. The smallest absolute Gasteiger partial charge is 0.396 e. The van der Waals surface area contributed by atoms with E-state index in [1.165, 1.54) is 13.1 Å². The monoisotopic (exact) mass is 561 g/mol. The zero-order valence-corrected chi connectivity index (χ0v) is 22.5. The molecule has 0 aromatic heterocycles. The SMILES string of the molecule is CCO/N=C\C#Cc1ccc([C@H]2C[C@@]3(C)[C@@H](CC[C@@]3(O)C(F)(F)C(F)(F)F)[C@@H]3CCC4=CC(=O)CCC4=C32)cc1. The average Bonchev–Trinajstić information content (AvgIpc) is 3.19. The van der Waals surface area contributed by atoms with Crippen LogP contribution in [0.1, 0.15) is 75.8 Å². The van der Waals surface area contributed by atoms with E-state index in [0.29, 0.717) is 37.9 Å². The lowest BCUT2D eigenvalue weighted by molar-refractivity contribution is -0.362. The first-order chi connectivity index (χ1) is 18.8. The highest BCUT2D eigenvalue weighted by atomic mass is 19.4. The molecule has 0 radical (unpaired) electrons. The number of halogens is 5. The number of nitrogens with zero attached hydrogens (tertiary/aromatic N) is 1. The van der Waals surface area contributed by atoms with E-state index in [1.54, 1.807) is 25.1 Å². The van der Waals surface area contributed by atoms with Crippen molar-refractivity contribution in [2.75, 3.05) is 6.61 Å². The third-order valence-electron chi connectivity index (χ3n) is 9.61. The molecule has 0 unspecified atom stereocenters. The first kappa shape index (κ1) is 28.5. The Hall–Kier alpha value is -2.99. The molecular formula is C31H32F5NO3. The number of hydrogen-bond acceptors (Lipinski definition) is 4. The highest BCUT2D eigenvalue weighted by Gasteiger charge is 2.79. The summed E-state index contributed by atoms with van der Waals surface area (Å²) >= 11 is 0. The molecule has 1 aromatic rings. The van der Waals surface area contributed by atoms with Gasteiger partial charge in [-0.2, -0.15) is 22.0 Å². The van der Waals surface area contributed by atoms with Gasteiger partial charge in [-0.3, -0.25) is 4.79 Å². The molecule has 0 amide bonds. The lowest BCUT2D eigenvalue weighted by Crippen LogP contribution is -2.65. The van der Waals surface area contributed by atoms with Crippen LogP contribution in [0.4, 0.5) is 22.0 Å². The summed E-state index contributed by atoms with van der Waals surface area (Å²) in [5.41, 5.74) is -0.433. The molecule has 40 heavy (non-hydrogen) atoms. The standard InChI is InChI=1S/C31H32F5NO3/c1-3-40-37-16-4-5-19-6-8-20(9-7-19)25-18-28(2)26(14-15-29(28,39)30(32,33)31(34,35)36)24-12-10-21-17-22(38)11-13-23(21)27(24)25/h6-9,16-17,24-26,39H,3,10-15,18H2,1-2H3/b37-16-/t24-,25+,26-,28-,29-/m0/s1. The Balaban J connectivity index is 1.60. The molecule has 2 saturated carbocycles. The number of rotatable bonds is 4. The summed E-state index contributed by atoms with van der Waals surface area (Å²) in [6.07, 6.45) is -1.47. The molecule has 1 N–H and O–H groups in total. The Kier molecular flexibility index (Phi) is 7.23. The second kappa shape index (κ2) is 10.1. The van der Waals surface area contributed by atoms with Crippen LogP contribution in [0.2, 0.25) is 0 Å². The Morgan fingerprint density at radius 2 is 1.85 bits per heavy atom. The van der Waals surface area contributed by atoms with E-state index < -0.39 is 41.4 Å². The molecule has 5 rings (SSSR count). The number of oxime groups is 1. The lowest BCUT2D eigenvalue weighted by atomic mass is 9.50. The highest BCUT2D eigenvalue weighted by molar-refractivity contribution is 5.93. The molecule has 0 saturated heterocycles.